The number of aromatic hydroxyl groups is 1. The van der Waals surface area contributed by atoms with E-state index in [1.807, 2.05) is 6.92 Å². The first-order valence-corrected chi connectivity index (χ1v) is 10.6. The summed E-state index contributed by atoms with van der Waals surface area (Å²) in [6.07, 6.45) is 3.17. The van der Waals surface area contributed by atoms with Crippen LogP contribution in [-0.4, -0.2) is 39.7 Å². The minimum absolute atomic E-state index is 0.0205. The second kappa shape index (κ2) is 8.10. The normalized spacial score (nSPS) is 12.2. The molecule has 2 heterocycles. The van der Waals surface area contributed by atoms with Crippen LogP contribution in [0.1, 0.15) is 18.2 Å². The Bertz CT molecular complexity index is 1260. The summed E-state index contributed by atoms with van der Waals surface area (Å²) in [4.78, 5) is 16.0. The van der Waals surface area contributed by atoms with Gasteiger partial charge in [-0.25, -0.2) is 17.8 Å². The summed E-state index contributed by atoms with van der Waals surface area (Å²) in [5.41, 5.74) is -4.37. The van der Waals surface area contributed by atoms with Gasteiger partial charge in [-0.1, -0.05) is 0 Å². The molecule has 0 radical (unpaired) electrons. The zero-order valence-corrected chi connectivity index (χ0v) is 17.3. The lowest BCUT2D eigenvalue weighted by atomic mass is 10.2. The van der Waals surface area contributed by atoms with E-state index in [-0.39, 0.29) is 17.9 Å². The van der Waals surface area contributed by atoms with E-state index >= 15 is 0 Å². The third-order valence-electron chi connectivity index (χ3n) is 4.68. The second-order valence-electron chi connectivity index (χ2n) is 6.62. The van der Waals surface area contributed by atoms with E-state index in [0.717, 1.165) is 34.4 Å². The summed E-state index contributed by atoms with van der Waals surface area (Å²) < 4.78 is 63.4. The van der Waals surface area contributed by atoms with Crippen LogP contribution in [0.3, 0.4) is 0 Å². The molecule has 8 nitrogen and oxygen atoms in total. The molecule has 31 heavy (non-hydrogen) atoms. The molecule has 0 fully saturated rings. The maximum atomic E-state index is 13.0. The van der Waals surface area contributed by atoms with Gasteiger partial charge >= 0.3 is 11.2 Å². The Hall–Kier alpha value is -3.28. The van der Waals surface area contributed by atoms with Gasteiger partial charge in [0, 0.05) is 12.7 Å². The van der Waals surface area contributed by atoms with Gasteiger partial charge in [-0.15, -0.1) is 0 Å². The van der Waals surface area contributed by atoms with Crippen molar-refractivity contribution in [1.82, 2.24) is 14.1 Å². The molecule has 166 valence electrons. The molecule has 2 N–H and O–H groups in total. The topological polar surface area (TPSA) is 106 Å². The summed E-state index contributed by atoms with van der Waals surface area (Å²) in [7, 11) is -5.52. The number of rotatable bonds is 6. The highest BCUT2D eigenvalue weighted by molar-refractivity contribution is 7.92. The molecular formula is C19H19F3N4O4S. The molecule has 0 spiro atoms. The van der Waals surface area contributed by atoms with Gasteiger partial charge in [-0.3, -0.25) is 9.55 Å². The van der Waals surface area contributed by atoms with Crippen molar-refractivity contribution >= 4 is 15.5 Å². The highest BCUT2D eigenvalue weighted by atomic mass is 32.2. The molecule has 0 saturated carbocycles. The van der Waals surface area contributed by atoms with Crippen LogP contribution in [0.4, 0.5) is 18.9 Å². The predicted octanol–water partition coefficient (Wildman–Crippen LogP) is 2.82. The molecule has 0 aliphatic heterocycles. The fourth-order valence-electron chi connectivity index (χ4n) is 3.05. The number of pyridine rings is 1. The third-order valence-corrected chi connectivity index (χ3v) is 6.18. The van der Waals surface area contributed by atoms with E-state index < -0.39 is 31.8 Å². The van der Waals surface area contributed by atoms with Crippen LogP contribution in [0.2, 0.25) is 0 Å². The lowest BCUT2D eigenvalue weighted by molar-refractivity contribution is -0.0436. The fourth-order valence-corrected chi connectivity index (χ4v) is 3.81. The number of alkyl halides is 3. The van der Waals surface area contributed by atoms with E-state index in [9.17, 15) is 31.5 Å². The summed E-state index contributed by atoms with van der Waals surface area (Å²) in [6, 6.07) is 5.25. The number of halogens is 3. The third kappa shape index (κ3) is 4.02. The minimum Gasteiger partial charge on any atom is -0.493 e. The molecule has 0 amide bonds. The van der Waals surface area contributed by atoms with Crippen molar-refractivity contribution in [2.75, 3.05) is 11.9 Å². The number of anilines is 1. The molecule has 0 bridgehead atoms. The smallest absolute Gasteiger partial charge is 0.493 e. The summed E-state index contributed by atoms with van der Waals surface area (Å²) in [6.45, 7) is 4.16. The summed E-state index contributed by atoms with van der Waals surface area (Å²) in [5.74, 6) is -0.407. The van der Waals surface area contributed by atoms with Crippen LogP contribution < -0.4 is 11.0 Å². The second-order valence-corrected chi connectivity index (χ2v) is 8.56. The van der Waals surface area contributed by atoms with Gasteiger partial charge in [-0.05, 0) is 49.7 Å². The van der Waals surface area contributed by atoms with Crippen molar-refractivity contribution < 1.29 is 26.7 Å². The molecule has 3 aromatic rings. The minimum atomic E-state index is -5.52. The van der Waals surface area contributed by atoms with Gasteiger partial charge in [0.15, 0.2) is 0 Å². The SMILES string of the molecule is CCNc1cnccc1Cn1c(C)c(O)n(-c2ccc(S(=O)(=O)C(F)(F)F)cc2)c1=O. The Morgan fingerprint density at radius 2 is 1.81 bits per heavy atom. The number of nitrogens with one attached hydrogen (secondary N) is 1. The molecule has 2 aromatic heterocycles. The van der Waals surface area contributed by atoms with Crippen LogP contribution in [-0.2, 0) is 16.4 Å². The maximum absolute atomic E-state index is 13.0. The van der Waals surface area contributed by atoms with Gasteiger partial charge in [0.1, 0.15) is 0 Å². The molecule has 12 heteroatoms. The fraction of sp³-hybridized carbons (Fsp3) is 0.263. The van der Waals surface area contributed by atoms with Crippen molar-refractivity contribution in [3.63, 3.8) is 0 Å². The van der Waals surface area contributed by atoms with E-state index in [4.69, 9.17) is 0 Å². The van der Waals surface area contributed by atoms with Crippen LogP contribution in [0, 0.1) is 6.92 Å². The Morgan fingerprint density at radius 1 is 1.16 bits per heavy atom. The Balaban J connectivity index is 2.03. The first-order chi connectivity index (χ1) is 14.5. The molecule has 0 aliphatic carbocycles. The molecular weight excluding hydrogens is 437 g/mol. The molecule has 3 rings (SSSR count). The first-order valence-electron chi connectivity index (χ1n) is 9.08. The highest BCUT2D eigenvalue weighted by Gasteiger charge is 2.46. The summed E-state index contributed by atoms with van der Waals surface area (Å²) in [5, 5.41) is 13.6. The molecule has 0 atom stereocenters. The standard InChI is InChI=1S/C19H19F3N4O4S/c1-3-24-16-10-23-9-8-13(16)11-25-12(2)17(27)26(18(25)28)14-4-6-15(7-5-14)31(29,30)19(20,21)22/h4-10,24,27H,3,11H2,1-2H3. The van der Waals surface area contributed by atoms with Gasteiger partial charge in [0.05, 0.1) is 34.7 Å². The van der Waals surface area contributed by atoms with Crippen molar-refractivity contribution in [1.29, 1.82) is 0 Å². The Morgan fingerprint density at radius 3 is 2.39 bits per heavy atom. The zero-order chi connectivity index (χ0) is 23.0. The van der Waals surface area contributed by atoms with Crippen molar-refractivity contribution in [3.05, 3.63) is 64.5 Å². The van der Waals surface area contributed by atoms with Gasteiger partial charge in [-0.2, -0.15) is 13.2 Å². The molecule has 0 aliphatic rings. The van der Waals surface area contributed by atoms with E-state index in [2.05, 4.69) is 10.3 Å². The van der Waals surface area contributed by atoms with Gasteiger partial charge in [0.25, 0.3) is 9.84 Å². The maximum Gasteiger partial charge on any atom is 0.501 e. The van der Waals surface area contributed by atoms with Crippen LogP contribution in [0.25, 0.3) is 5.69 Å². The molecule has 0 unspecified atom stereocenters. The van der Waals surface area contributed by atoms with Crippen LogP contribution in [0.15, 0.2) is 52.4 Å². The number of benzene rings is 1. The molecule has 0 saturated heterocycles. The predicted molar refractivity (Wildman–Crippen MR) is 107 cm³/mol. The number of sulfone groups is 1. The van der Waals surface area contributed by atoms with E-state index in [0.29, 0.717) is 12.2 Å². The first kappa shape index (κ1) is 22.4. The lowest BCUT2D eigenvalue weighted by Gasteiger charge is -2.11. The number of nitrogens with zero attached hydrogens (tertiary/aromatic N) is 3. The molecule has 1 aromatic carbocycles. The number of imidazole rings is 1. The Kier molecular flexibility index (Phi) is 5.85. The summed E-state index contributed by atoms with van der Waals surface area (Å²) >= 11 is 0. The number of aromatic nitrogens is 3. The average molecular weight is 456 g/mol. The number of hydrogen-bond donors (Lipinski definition) is 2. The Labute approximate surface area is 175 Å². The monoisotopic (exact) mass is 456 g/mol. The average Bonchev–Trinajstić information content (AvgIpc) is 2.92. The quantitative estimate of drug-likeness (QED) is 0.591. The van der Waals surface area contributed by atoms with E-state index in [1.165, 1.54) is 11.5 Å². The van der Waals surface area contributed by atoms with E-state index in [1.54, 1.807) is 18.5 Å². The van der Waals surface area contributed by atoms with Crippen molar-refractivity contribution in [2.45, 2.75) is 30.8 Å². The largest absolute Gasteiger partial charge is 0.501 e. The van der Waals surface area contributed by atoms with Crippen molar-refractivity contribution in [2.24, 2.45) is 0 Å². The zero-order valence-electron chi connectivity index (χ0n) is 16.5. The van der Waals surface area contributed by atoms with Gasteiger partial charge < -0.3 is 10.4 Å². The lowest BCUT2D eigenvalue weighted by Crippen LogP contribution is -2.25. The van der Waals surface area contributed by atoms with Crippen LogP contribution >= 0.6 is 0 Å². The number of hydrogen-bond acceptors (Lipinski definition) is 6. The van der Waals surface area contributed by atoms with Crippen molar-refractivity contribution in [3.8, 4) is 11.6 Å². The highest BCUT2D eigenvalue weighted by Crippen LogP contribution is 2.31. The van der Waals surface area contributed by atoms with Gasteiger partial charge in [0.2, 0.25) is 5.88 Å². The van der Waals surface area contributed by atoms with Crippen LogP contribution in [0.5, 0.6) is 5.88 Å².